The van der Waals surface area contributed by atoms with Gasteiger partial charge < -0.3 is 14.3 Å². The summed E-state index contributed by atoms with van der Waals surface area (Å²) in [6.45, 7) is 2.91. The van der Waals surface area contributed by atoms with E-state index in [-0.39, 0.29) is 0 Å². The van der Waals surface area contributed by atoms with Crippen LogP contribution in [0, 0.1) is 0 Å². The van der Waals surface area contributed by atoms with Gasteiger partial charge in [0, 0.05) is 5.57 Å². The fourth-order valence-electron chi connectivity index (χ4n) is 0.719. The van der Waals surface area contributed by atoms with Crippen molar-refractivity contribution in [3.05, 3.63) is 11.8 Å². The zero-order valence-electron chi connectivity index (χ0n) is 6.66. The molecular weight excluding hydrogens is 146 g/mol. The van der Waals surface area contributed by atoms with E-state index in [1.54, 1.807) is 13.4 Å². The van der Waals surface area contributed by atoms with Gasteiger partial charge in [0.05, 0.1) is 13.4 Å². The molecule has 4 nitrogen and oxygen atoms in total. The number of hydrogen-bond acceptors (Lipinski definition) is 4. The molecule has 0 unspecified atom stereocenters. The Morgan fingerprint density at radius 1 is 1.64 bits per heavy atom. The van der Waals surface area contributed by atoms with Crippen LogP contribution >= 0.6 is 0 Å². The van der Waals surface area contributed by atoms with Crippen LogP contribution in [0.1, 0.15) is 6.92 Å². The minimum absolute atomic E-state index is 0.498. The van der Waals surface area contributed by atoms with Gasteiger partial charge in [-0.3, -0.25) is 0 Å². The third kappa shape index (κ3) is 2.14. The molecule has 0 aliphatic carbocycles. The lowest BCUT2D eigenvalue weighted by molar-refractivity contribution is 0.0650. The monoisotopic (exact) mass is 157 g/mol. The summed E-state index contributed by atoms with van der Waals surface area (Å²) in [6, 6.07) is 0. The molecular formula is C7H11NO3. The fraction of sp³-hybridized carbons (Fsp3) is 0.571. The Morgan fingerprint density at radius 3 is 3.00 bits per heavy atom. The molecule has 1 aliphatic heterocycles. The molecule has 62 valence electrons. The summed E-state index contributed by atoms with van der Waals surface area (Å²) in [6.07, 6.45) is 1.56. The van der Waals surface area contributed by atoms with E-state index >= 15 is 0 Å². The number of nitrogens with zero attached hydrogens (tertiary/aromatic N) is 1. The Bertz CT molecular complexity index is 186. The van der Waals surface area contributed by atoms with Crippen molar-refractivity contribution in [2.24, 2.45) is 5.16 Å². The first-order chi connectivity index (χ1) is 5.34. The first-order valence-electron chi connectivity index (χ1n) is 3.37. The van der Waals surface area contributed by atoms with Gasteiger partial charge in [0.2, 0.25) is 0 Å². The standard InChI is InChI=1S/C7H11NO3/c1-6(5-9-2)7-8-11-4-3-10-7/h5H,3-4H2,1-2H3/b6-5+. The van der Waals surface area contributed by atoms with E-state index in [1.807, 2.05) is 6.92 Å². The average Bonchev–Trinajstić information content (AvgIpc) is 2.07. The molecule has 0 bridgehead atoms. The van der Waals surface area contributed by atoms with Crippen molar-refractivity contribution < 1.29 is 14.3 Å². The molecule has 0 aromatic heterocycles. The Labute approximate surface area is 65.4 Å². The minimum atomic E-state index is 0.498. The molecule has 0 aromatic carbocycles. The van der Waals surface area contributed by atoms with Crippen molar-refractivity contribution in [2.45, 2.75) is 6.92 Å². The van der Waals surface area contributed by atoms with Crippen molar-refractivity contribution in [3.63, 3.8) is 0 Å². The van der Waals surface area contributed by atoms with Crippen LogP contribution in [0.3, 0.4) is 0 Å². The highest BCUT2D eigenvalue weighted by Crippen LogP contribution is 2.03. The lowest BCUT2D eigenvalue weighted by atomic mass is 10.3. The number of oxime groups is 1. The topological polar surface area (TPSA) is 40.0 Å². The van der Waals surface area contributed by atoms with Crippen molar-refractivity contribution in [1.29, 1.82) is 0 Å². The van der Waals surface area contributed by atoms with E-state index in [0.717, 1.165) is 5.57 Å². The van der Waals surface area contributed by atoms with Crippen LogP contribution in [0.4, 0.5) is 0 Å². The van der Waals surface area contributed by atoms with Crippen LogP contribution in [0.2, 0.25) is 0 Å². The lowest BCUT2D eigenvalue weighted by Crippen LogP contribution is -2.16. The summed E-state index contributed by atoms with van der Waals surface area (Å²) in [5.74, 6) is 0.498. The third-order valence-electron chi connectivity index (χ3n) is 1.19. The second-order valence-corrected chi connectivity index (χ2v) is 2.11. The molecule has 11 heavy (non-hydrogen) atoms. The summed E-state index contributed by atoms with van der Waals surface area (Å²) in [5.41, 5.74) is 0.826. The van der Waals surface area contributed by atoms with Gasteiger partial charge in [-0.15, -0.1) is 0 Å². The van der Waals surface area contributed by atoms with Gasteiger partial charge in [-0.05, 0) is 12.1 Å². The van der Waals surface area contributed by atoms with Crippen LogP contribution < -0.4 is 0 Å². The molecule has 0 saturated heterocycles. The van der Waals surface area contributed by atoms with Crippen LogP contribution in [0.15, 0.2) is 17.0 Å². The Morgan fingerprint density at radius 2 is 2.45 bits per heavy atom. The zero-order chi connectivity index (χ0) is 8.10. The number of methoxy groups -OCH3 is 1. The fourth-order valence-corrected chi connectivity index (χ4v) is 0.719. The predicted molar refractivity (Wildman–Crippen MR) is 40.1 cm³/mol. The molecule has 0 N–H and O–H groups in total. The first-order valence-corrected chi connectivity index (χ1v) is 3.37. The van der Waals surface area contributed by atoms with Crippen LogP contribution in [0.5, 0.6) is 0 Å². The predicted octanol–water partition coefficient (Wildman–Crippen LogP) is 0.897. The van der Waals surface area contributed by atoms with E-state index in [0.29, 0.717) is 19.1 Å². The molecule has 0 spiro atoms. The third-order valence-corrected chi connectivity index (χ3v) is 1.19. The van der Waals surface area contributed by atoms with Gasteiger partial charge in [0.25, 0.3) is 5.90 Å². The van der Waals surface area contributed by atoms with Gasteiger partial charge in [-0.25, -0.2) is 0 Å². The summed E-state index contributed by atoms with van der Waals surface area (Å²) in [4.78, 5) is 4.82. The van der Waals surface area contributed by atoms with Gasteiger partial charge in [-0.1, -0.05) is 0 Å². The van der Waals surface area contributed by atoms with Crippen molar-refractivity contribution in [3.8, 4) is 0 Å². The van der Waals surface area contributed by atoms with Crippen LogP contribution in [0.25, 0.3) is 0 Å². The molecule has 4 heteroatoms. The largest absolute Gasteiger partial charge is 0.504 e. The van der Waals surface area contributed by atoms with E-state index in [4.69, 9.17) is 14.3 Å². The highest BCUT2D eigenvalue weighted by molar-refractivity contribution is 5.92. The second-order valence-electron chi connectivity index (χ2n) is 2.11. The smallest absolute Gasteiger partial charge is 0.256 e. The quantitative estimate of drug-likeness (QED) is 0.559. The molecule has 1 rings (SSSR count). The Balaban J connectivity index is 2.58. The average molecular weight is 157 g/mol. The van der Waals surface area contributed by atoms with Gasteiger partial charge in [-0.2, -0.15) is 0 Å². The minimum Gasteiger partial charge on any atom is -0.504 e. The molecule has 0 radical (unpaired) electrons. The van der Waals surface area contributed by atoms with Gasteiger partial charge in [0.15, 0.2) is 6.61 Å². The van der Waals surface area contributed by atoms with Crippen LogP contribution in [-0.2, 0) is 14.3 Å². The Hall–Kier alpha value is -1.19. The SMILES string of the molecule is CO/C=C(\C)C1=NOCCO1. The van der Waals surface area contributed by atoms with E-state index in [9.17, 15) is 0 Å². The molecule has 1 heterocycles. The molecule has 0 fully saturated rings. The molecule has 0 amide bonds. The second kappa shape index (κ2) is 3.85. The van der Waals surface area contributed by atoms with Gasteiger partial charge in [0.1, 0.15) is 6.61 Å². The summed E-state index contributed by atoms with van der Waals surface area (Å²) in [7, 11) is 1.58. The molecule has 0 aromatic rings. The summed E-state index contributed by atoms with van der Waals surface area (Å²) in [5, 5.41) is 3.69. The number of ether oxygens (including phenoxy) is 2. The highest BCUT2D eigenvalue weighted by Gasteiger charge is 2.08. The molecule has 0 atom stereocenters. The normalized spacial score (nSPS) is 18.0. The summed E-state index contributed by atoms with van der Waals surface area (Å²) < 4.78 is 9.95. The number of rotatable bonds is 2. The maximum absolute atomic E-state index is 5.17. The maximum Gasteiger partial charge on any atom is 0.256 e. The van der Waals surface area contributed by atoms with Crippen molar-refractivity contribution >= 4 is 5.90 Å². The lowest BCUT2D eigenvalue weighted by Gasteiger charge is -2.12. The van der Waals surface area contributed by atoms with Crippen molar-refractivity contribution in [2.75, 3.05) is 20.3 Å². The van der Waals surface area contributed by atoms with Crippen molar-refractivity contribution in [1.82, 2.24) is 0 Å². The van der Waals surface area contributed by atoms with E-state index in [2.05, 4.69) is 5.16 Å². The van der Waals surface area contributed by atoms with E-state index < -0.39 is 0 Å². The zero-order valence-corrected chi connectivity index (χ0v) is 6.66. The Kier molecular flexibility index (Phi) is 2.77. The van der Waals surface area contributed by atoms with Crippen LogP contribution in [-0.4, -0.2) is 26.2 Å². The molecule has 1 aliphatic rings. The van der Waals surface area contributed by atoms with Gasteiger partial charge >= 0.3 is 0 Å². The molecule has 0 saturated carbocycles. The first kappa shape index (κ1) is 7.91. The van der Waals surface area contributed by atoms with E-state index in [1.165, 1.54) is 0 Å². The summed E-state index contributed by atoms with van der Waals surface area (Å²) >= 11 is 0. The highest BCUT2D eigenvalue weighted by atomic mass is 16.7. The maximum atomic E-state index is 5.17. The number of hydrogen-bond donors (Lipinski definition) is 0.